The second kappa shape index (κ2) is 3.60. The zero-order chi connectivity index (χ0) is 10.1. The average molecular weight is 267 g/mol. The van der Waals surface area contributed by atoms with E-state index in [2.05, 4.69) is 20.9 Å². The second-order valence-electron chi connectivity index (χ2n) is 2.40. The van der Waals surface area contributed by atoms with Gasteiger partial charge in [0.05, 0.1) is 0 Å². The number of halogens is 1. The number of pyridine rings is 1. The molecule has 0 amide bonds. The lowest BCUT2D eigenvalue weighted by molar-refractivity contribution is 0.489. The minimum absolute atomic E-state index is 0.116. The van der Waals surface area contributed by atoms with Gasteiger partial charge in [-0.1, -0.05) is 0 Å². The lowest BCUT2D eigenvalue weighted by Crippen LogP contribution is -2.12. The van der Waals surface area contributed by atoms with Crippen molar-refractivity contribution in [1.29, 1.82) is 0 Å². The molecule has 0 saturated heterocycles. The molecule has 2 N–H and O–H groups in total. The Labute approximate surface area is 84.2 Å². The van der Waals surface area contributed by atoms with Gasteiger partial charge in [-0.2, -0.15) is 8.42 Å². The van der Waals surface area contributed by atoms with E-state index < -0.39 is 10.3 Å². The molecule has 72 valence electrons. The summed E-state index contributed by atoms with van der Waals surface area (Å²) in [4.78, 5) is 3.77. The summed E-state index contributed by atoms with van der Waals surface area (Å²) >= 11 is 3.17. The number of nitrogens with zero attached hydrogens (tertiary/aromatic N) is 1. The maximum Gasteiger partial charge on any atom is 0.358 e. The monoisotopic (exact) mass is 266 g/mol. The molecule has 0 bridgehead atoms. The van der Waals surface area contributed by atoms with Gasteiger partial charge in [-0.3, -0.25) is 4.55 Å². The van der Waals surface area contributed by atoms with Crippen LogP contribution in [0.1, 0.15) is 5.56 Å². The molecule has 13 heavy (non-hydrogen) atoms. The van der Waals surface area contributed by atoms with E-state index in [0.717, 1.165) is 4.47 Å². The molecule has 0 spiro atoms. The normalized spacial score (nSPS) is 11.3. The highest BCUT2D eigenvalue weighted by atomic mass is 79.9. The molecule has 0 unspecified atom stereocenters. The van der Waals surface area contributed by atoms with Crippen LogP contribution in [0.4, 0.5) is 5.82 Å². The van der Waals surface area contributed by atoms with Crippen molar-refractivity contribution < 1.29 is 13.0 Å². The van der Waals surface area contributed by atoms with Gasteiger partial charge in [0, 0.05) is 10.7 Å². The van der Waals surface area contributed by atoms with Crippen LogP contribution < -0.4 is 4.72 Å². The zero-order valence-corrected chi connectivity index (χ0v) is 9.05. The van der Waals surface area contributed by atoms with Gasteiger partial charge in [0.15, 0.2) is 0 Å². The fourth-order valence-electron chi connectivity index (χ4n) is 0.770. The number of aryl methyl sites for hydroxylation is 1. The minimum atomic E-state index is -4.24. The van der Waals surface area contributed by atoms with Crippen LogP contribution in [-0.2, 0) is 10.3 Å². The van der Waals surface area contributed by atoms with Gasteiger partial charge >= 0.3 is 10.3 Å². The van der Waals surface area contributed by atoms with E-state index in [0.29, 0.717) is 5.56 Å². The SMILES string of the molecule is Cc1cc(Br)cnc1NS(=O)(=O)O. The predicted molar refractivity (Wildman–Crippen MR) is 51.8 cm³/mol. The summed E-state index contributed by atoms with van der Waals surface area (Å²) in [5.74, 6) is 0.116. The first kappa shape index (κ1) is 10.4. The third-order valence-electron chi connectivity index (χ3n) is 1.27. The van der Waals surface area contributed by atoms with E-state index in [-0.39, 0.29) is 5.82 Å². The van der Waals surface area contributed by atoms with E-state index in [1.807, 2.05) is 4.72 Å². The summed E-state index contributed by atoms with van der Waals surface area (Å²) in [5.41, 5.74) is 0.618. The zero-order valence-electron chi connectivity index (χ0n) is 6.65. The number of hydrogen-bond donors (Lipinski definition) is 2. The van der Waals surface area contributed by atoms with Crippen molar-refractivity contribution in [3.8, 4) is 0 Å². The van der Waals surface area contributed by atoms with Gasteiger partial charge in [-0.05, 0) is 34.5 Å². The summed E-state index contributed by atoms with van der Waals surface area (Å²) in [5, 5.41) is 0. The van der Waals surface area contributed by atoms with Crippen LogP contribution in [0.3, 0.4) is 0 Å². The van der Waals surface area contributed by atoms with Gasteiger partial charge in [0.2, 0.25) is 0 Å². The van der Waals surface area contributed by atoms with Gasteiger partial charge in [-0.15, -0.1) is 0 Å². The molecular weight excluding hydrogens is 260 g/mol. The highest BCUT2D eigenvalue weighted by Crippen LogP contribution is 2.17. The lowest BCUT2D eigenvalue weighted by Gasteiger charge is -2.04. The van der Waals surface area contributed by atoms with Gasteiger partial charge < -0.3 is 0 Å². The quantitative estimate of drug-likeness (QED) is 0.793. The molecule has 0 atom stereocenters. The highest BCUT2D eigenvalue weighted by Gasteiger charge is 2.07. The third-order valence-corrected chi connectivity index (χ3v) is 2.16. The molecule has 1 rings (SSSR count). The van der Waals surface area contributed by atoms with E-state index in [9.17, 15) is 8.42 Å². The summed E-state index contributed by atoms with van der Waals surface area (Å²) in [6.07, 6.45) is 1.43. The van der Waals surface area contributed by atoms with Crippen LogP contribution in [0.25, 0.3) is 0 Å². The number of hydrogen-bond acceptors (Lipinski definition) is 3. The molecule has 1 heterocycles. The first-order chi connectivity index (χ1) is 5.88. The molecule has 0 aliphatic heterocycles. The maximum atomic E-state index is 10.4. The van der Waals surface area contributed by atoms with Crippen LogP contribution >= 0.6 is 15.9 Å². The summed E-state index contributed by atoms with van der Waals surface area (Å²) in [7, 11) is -4.24. The largest absolute Gasteiger partial charge is 0.358 e. The Morgan fingerprint density at radius 3 is 2.69 bits per heavy atom. The first-order valence-corrected chi connectivity index (χ1v) is 5.49. The Kier molecular flexibility index (Phi) is 2.89. The molecule has 0 aliphatic carbocycles. The molecular formula is C6H7BrN2O3S. The van der Waals surface area contributed by atoms with E-state index in [1.165, 1.54) is 6.20 Å². The Hall–Kier alpha value is -0.660. The summed E-state index contributed by atoms with van der Waals surface area (Å²) < 4.78 is 31.9. The number of aromatic nitrogens is 1. The van der Waals surface area contributed by atoms with E-state index in [4.69, 9.17) is 4.55 Å². The second-order valence-corrected chi connectivity index (χ2v) is 4.47. The topological polar surface area (TPSA) is 79.3 Å². The number of rotatable bonds is 2. The Balaban J connectivity index is 3.04. The highest BCUT2D eigenvalue weighted by molar-refractivity contribution is 9.10. The maximum absolute atomic E-state index is 10.4. The first-order valence-electron chi connectivity index (χ1n) is 3.26. The molecule has 5 nitrogen and oxygen atoms in total. The molecule has 7 heteroatoms. The average Bonchev–Trinajstić information content (AvgIpc) is 1.93. The predicted octanol–water partition coefficient (Wildman–Crippen LogP) is 1.37. The lowest BCUT2D eigenvalue weighted by atomic mass is 10.3. The Bertz CT molecular complexity index is 418. The standard InChI is InChI=1S/C6H7BrN2O3S/c1-4-2-5(7)3-8-6(4)9-13(10,11)12/h2-3H,1H3,(H,8,9)(H,10,11,12). The van der Waals surface area contributed by atoms with Crippen molar-refractivity contribution in [2.45, 2.75) is 6.92 Å². The van der Waals surface area contributed by atoms with Crippen LogP contribution in [0.15, 0.2) is 16.7 Å². The fourth-order valence-corrected chi connectivity index (χ4v) is 1.67. The molecule has 1 aromatic rings. The van der Waals surface area contributed by atoms with Crippen LogP contribution in [-0.4, -0.2) is 18.0 Å². The van der Waals surface area contributed by atoms with Crippen molar-refractivity contribution in [3.05, 3.63) is 22.3 Å². The molecule has 0 aliphatic rings. The third kappa shape index (κ3) is 3.29. The van der Waals surface area contributed by atoms with Crippen LogP contribution in [0.5, 0.6) is 0 Å². The molecule has 1 aromatic heterocycles. The van der Waals surface area contributed by atoms with E-state index >= 15 is 0 Å². The van der Waals surface area contributed by atoms with Gasteiger partial charge in [0.1, 0.15) is 5.82 Å². The minimum Gasteiger partial charge on any atom is -0.269 e. The fraction of sp³-hybridized carbons (Fsp3) is 0.167. The number of nitrogens with one attached hydrogen (secondary N) is 1. The Morgan fingerprint density at radius 2 is 2.23 bits per heavy atom. The van der Waals surface area contributed by atoms with Crippen LogP contribution in [0.2, 0.25) is 0 Å². The van der Waals surface area contributed by atoms with Crippen molar-refractivity contribution in [2.24, 2.45) is 0 Å². The van der Waals surface area contributed by atoms with Crippen molar-refractivity contribution in [2.75, 3.05) is 4.72 Å². The van der Waals surface area contributed by atoms with Crippen molar-refractivity contribution in [3.63, 3.8) is 0 Å². The summed E-state index contributed by atoms with van der Waals surface area (Å²) in [6, 6.07) is 1.68. The molecule has 0 radical (unpaired) electrons. The molecule has 0 fully saturated rings. The smallest absolute Gasteiger partial charge is 0.269 e. The van der Waals surface area contributed by atoms with E-state index in [1.54, 1.807) is 13.0 Å². The Morgan fingerprint density at radius 1 is 1.62 bits per heavy atom. The van der Waals surface area contributed by atoms with Crippen molar-refractivity contribution >= 4 is 32.1 Å². The van der Waals surface area contributed by atoms with Gasteiger partial charge in [0.25, 0.3) is 0 Å². The summed E-state index contributed by atoms with van der Waals surface area (Å²) in [6.45, 7) is 1.67. The van der Waals surface area contributed by atoms with Gasteiger partial charge in [-0.25, -0.2) is 9.71 Å². The number of anilines is 1. The van der Waals surface area contributed by atoms with Crippen LogP contribution in [0, 0.1) is 6.92 Å². The molecule has 0 aromatic carbocycles. The van der Waals surface area contributed by atoms with Crippen molar-refractivity contribution in [1.82, 2.24) is 4.98 Å². The molecule has 0 saturated carbocycles.